The maximum absolute atomic E-state index is 13.6. The first kappa shape index (κ1) is 28.0. The molecule has 210 valence electrons. The summed E-state index contributed by atoms with van der Waals surface area (Å²) in [5, 5.41) is 3.46. The average molecular weight is 551 g/mol. The molecule has 0 spiro atoms. The number of carbonyl (C=O) groups excluding carboxylic acids is 2. The molecule has 7 nitrogen and oxygen atoms in total. The van der Waals surface area contributed by atoms with E-state index in [0.29, 0.717) is 38.0 Å². The average Bonchev–Trinajstić information content (AvgIpc) is 3.26. The van der Waals surface area contributed by atoms with Crippen LogP contribution in [0.1, 0.15) is 55.2 Å². The molecule has 2 heterocycles. The minimum absolute atomic E-state index is 0.0161. The van der Waals surface area contributed by atoms with Crippen molar-refractivity contribution in [3.05, 3.63) is 108 Å². The minimum Gasteiger partial charge on any atom is -0.494 e. The van der Waals surface area contributed by atoms with E-state index in [1.807, 2.05) is 99.8 Å². The van der Waals surface area contributed by atoms with Crippen LogP contribution in [0.2, 0.25) is 0 Å². The number of hydrogen-bond donors (Lipinski definition) is 1. The summed E-state index contributed by atoms with van der Waals surface area (Å²) < 4.78 is 13.0. The van der Waals surface area contributed by atoms with E-state index in [2.05, 4.69) is 17.4 Å². The van der Waals surface area contributed by atoms with E-state index in [1.54, 1.807) is 4.57 Å². The number of carbonyl (C=O) groups is 2. The Kier molecular flexibility index (Phi) is 8.43. The molecule has 1 unspecified atom stereocenters. The van der Waals surface area contributed by atoms with Gasteiger partial charge in [-0.05, 0) is 50.5 Å². The summed E-state index contributed by atoms with van der Waals surface area (Å²) in [4.78, 5) is 30.6. The number of anilines is 1. The van der Waals surface area contributed by atoms with Gasteiger partial charge in [-0.2, -0.15) is 4.57 Å². The first-order valence-electron chi connectivity index (χ1n) is 14.0. The number of fused-ring (bicyclic) bond motifs is 1. The zero-order valence-corrected chi connectivity index (χ0v) is 23.8. The van der Waals surface area contributed by atoms with Gasteiger partial charge in [0.05, 0.1) is 6.61 Å². The van der Waals surface area contributed by atoms with Gasteiger partial charge in [0.2, 0.25) is 0 Å². The number of rotatable bonds is 10. The first-order valence-corrected chi connectivity index (χ1v) is 14.0. The number of benzene rings is 3. The van der Waals surface area contributed by atoms with Crippen LogP contribution in [0.5, 0.6) is 5.75 Å². The van der Waals surface area contributed by atoms with Crippen LogP contribution in [0.25, 0.3) is 11.3 Å². The normalized spacial score (nSPS) is 14.3. The van der Waals surface area contributed by atoms with Crippen molar-refractivity contribution in [1.82, 2.24) is 4.98 Å². The lowest BCUT2D eigenvalue weighted by Crippen LogP contribution is -2.44. The topological polar surface area (TPSA) is 81.4 Å². The van der Waals surface area contributed by atoms with Crippen molar-refractivity contribution in [1.29, 1.82) is 0 Å². The number of nitrogens with zero attached hydrogens (tertiary/aromatic N) is 2. The Labute approximate surface area is 241 Å². The molecule has 7 heteroatoms. The number of nitrogens with one attached hydrogen (secondary N) is 1. The van der Waals surface area contributed by atoms with Crippen LogP contribution < -0.4 is 14.6 Å². The van der Waals surface area contributed by atoms with E-state index in [0.717, 1.165) is 33.9 Å². The third-order valence-electron chi connectivity index (χ3n) is 6.70. The van der Waals surface area contributed by atoms with Crippen LogP contribution in [-0.4, -0.2) is 35.1 Å². The Hall–Kier alpha value is -4.52. The number of aromatic nitrogens is 2. The van der Waals surface area contributed by atoms with Crippen LogP contribution in [0.3, 0.4) is 0 Å². The van der Waals surface area contributed by atoms with Gasteiger partial charge in [0, 0.05) is 24.8 Å². The van der Waals surface area contributed by atoms with E-state index in [9.17, 15) is 9.59 Å². The maximum atomic E-state index is 13.6. The Morgan fingerprint density at radius 2 is 1.66 bits per heavy atom. The van der Waals surface area contributed by atoms with E-state index in [4.69, 9.17) is 14.5 Å². The fourth-order valence-corrected chi connectivity index (χ4v) is 4.87. The molecule has 1 aliphatic rings. The van der Waals surface area contributed by atoms with Crippen LogP contribution in [-0.2, 0) is 22.4 Å². The van der Waals surface area contributed by atoms with Crippen LogP contribution in [0, 0.1) is 0 Å². The van der Waals surface area contributed by atoms with Crippen LogP contribution in [0.15, 0.2) is 91.1 Å². The van der Waals surface area contributed by atoms with Crippen molar-refractivity contribution in [2.24, 2.45) is 0 Å². The SMILES string of the molecule is CC(C)(C)OC(=O)CCCOc1cccc(CC2Nc3c(Cc4ccccc4)nc(-c4ccccc4)c[n+]3C2=O)c1. The first-order chi connectivity index (χ1) is 19.7. The minimum atomic E-state index is -0.489. The Morgan fingerprint density at radius 3 is 2.39 bits per heavy atom. The highest BCUT2D eigenvalue weighted by Gasteiger charge is 2.41. The smallest absolute Gasteiger partial charge is 0.359 e. The predicted molar refractivity (Wildman–Crippen MR) is 158 cm³/mol. The van der Waals surface area contributed by atoms with Crippen molar-refractivity contribution in [3.63, 3.8) is 0 Å². The van der Waals surface area contributed by atoms with Gasteiger partial charge in [-0.15, -0.1) is 0 Å². The van der Waals surface area contributed by atoms with Gasteiger partial charge in [0.1, 0.15) is 28.9 Å². The second-order valence-electron chi connectivity index (χ2n) is 11.2. The second kappa shape index (κ2) is 12.3. The van der Waals surface area contributed by atoms with Gasteiger partial charge >= 0.3 is 17.7 Å². The summed E-state index contributed by atoms with van der Waals surface area (Å²) in [5.74, 6) is 1.20. The molecule has 1 N–H and O–H groups in total. The molecule has 0 amide bonds. The summed E-state index contributed by atoms with van der Waals surface area (Å²) in [6, 6.07) is 27.4. The van der Waals surface area contributed by atoms with E-state index in [-0.39, 0.29) is 11.9 Å². The number of ether oxygens (including phenoxy) is 2. The van der Waals surface area contributed by atoms with Gasteiger partial charge < -0.3 is 9.47 Å². The standard InChI is InChI=1S/C34H35N3O4/c1-34(2,3)41-31(38)18-11-19-40-27-17-10-14-25(20-27)22-29-33(39)37-23-30(26-15-8-5-9-16-26)35-28(32(37)36-29)21-24-12-6-4-7-13-24/h4-10,12-17,20,23,29H,11,18-19,21-22H2,1-3H3/p+1. The molecule has 0 fully saturated rings. The molecular weight excluding hydrogens is 514 g/mol. The highest BCUT2D eigenvalue weighted by Crippen LogP contribution is 2.25. The third-order valence-corrected chi connectivity index (χ3v) is 6.70. The van der Waals surface area contributed by atoms with Gasteiger partial charge in [0.25, 0.3) is 0 Å². The van der Waals surface area contributed by atoms with Gasteiger partial charge in [-0.3, -0.25) is 10.1 Å². The molecule has 3 aromatic carbocycles. The van der Waals surface area contributed by atoms with Crippen molar-refractivity contribution < 1.29 is 23.6 Å². The van der Waals surface area contributed by atoms with Crippen molar-refractivity contribution >= 4 is 17.7 Å². The quantitative estimate of drug-likeness (QED) is 0.153. The molecular formula is C34H36N3O4+. The van der Waals surface area contributed by atoms with E-state index >= 15 is 0 Å². The molecule has 4 aromatic rings. The Bertz CT molecular complexity index is 1510. The summed E-state index contributed by atoms with van der Waals surface area (Å²) in [5.41, 5.74) is 4.17. The molecule has 0 bridgehead atoms. The molecule has 41 heavy (non-hydrogen) atoms. The number of hydrogen-bond acceptors (Lipinski definition) is 6. The molecule has 0 saturated heterocycles. The van der Waals surface area contributed by atoms with E-state index < -0.39 is 11.6 Å². The zero-order chi connectivity index (χ0) is 28.8. The Morgan fingerprint density at radius 1 is 0.951 bits per heavy atom. The van der Waals surface area contributed by atoms with Crippen LogP contribution in [0.4, 0.5) is 5.82 Å². The highest BCUT2D eigenvalue weighted by molar-refractivity contribution is 5.82. The lowest BCUT2D eigenvalue weighted by Gasteiger charge is -2.19. The lowest BCUT2D eigenvalue weighted by atomic mass is 10.1. The summed E-state index contributed by atoms with van der Waals surface area (Å²) in [6.07, 6.45) is 3.81. The van der Waals surface area contributed by atoms with Crippen molar-refractivity contribution in [2.45, 2.75) is 58.1 Å². The summed E-state index contributed by atoms with van der Waals surface area (Å²) in [6.45, 7) is 5.98. The lowest BCUT2D eigenvalue weighted by molar-refractivity contribution is -0.552. The molecule has 0 saturated carbocycles. The zero-order valence-electron chi connectivity index (χ0n) is 23.8. The molecule has 1 aromatic heterocycles. The van der Waals surface area contributed by atoms with Gasteiger partial charge in [-0.1, -0.05) is 72.8 Å². The monoisotopic (exact) mass is 550 g/mol. The van der Waals surface area contributed by atoms with Crippen molar-refractivity contribution in [3.8, 4) is 17.0 Å². The maximum Gasteiger partial charge on any atom is 0.359 e. The summed E-state index contributed by atoms with van der Waals surface area (Å²) >= 11 is 0. The van der Waals surface area contributed by atoms with Crippen molar-refractivity contribution in [2.75, 3.05) is 11.9 Å². The van der Waals surface area contributed by atoms with Gasteiger partial charge in [-0.25, -0.2) is 9.78 Å². The van der Waals surface area contributed by atoms with Crippen LogP contribution >= 0.6 is 0 Å². The molecule has 5 rings (SSSR count). The summed E-state index contributed by atoms with van der Waals surface area (Å²) in [7, 11) is 0. The molecule has 0 radical (unpaired) electrons. The molecule has 1 atom stereocenters. The molecule has 1 aliphatic heterocycles. The fourth-order valence-electron chi connectivity index (χ4n) is 4.87. The number of esters is 1. The Balaban J connectivity index is 1.29. The largest absolute Gasteiger partial charge is 0.494 e. The van der Waals surface area contributed by atoms with Gasteiger partial charge in [0.15, 0.2) is 6.04 Å². The second-order valence-corrected chi connectivity index (χ2v) is 11.2. The fraction of sp³-hybridized carbons (Fsp3) is 0.294. The third kappa shape index (κ3) is 7.37. The predicted octanol–water partition coefficient (Wildman–Crippen LogP) is 5.80. The van der Waals surface area contributed by atoms with E-state index in [1.165, 1.54) is 0 Å². The highest BCUT2D eigenvalue weighted by atomic mass is 16.6. The molecule has 0 aliphatic carbocycles.